The second-order valence-corrected chi connectivity index (χ2v) is 5.97. The van der Waals surface area contributed by atoms with E-state index >= 15 is 0 Å². The van der Waals surface area contributed by atoms with Gasteiger partial charge in [-0.1, -0.05) is 30.3 Å². The van der Waals surface area contributed by atoms with Crippen LogP contribution in [0.1, 0.15) is 31.2 Å². The molecule has 0 spiro atoms. The fourth-order valence-corrected chi connectivity index (χ4v) is 2.49. The Hall–Kier alpha value is -2.08. The molecular formula is C17H24N2O4. The zero-order valence-corrected chi connectivity index (χ0v) is 13.7. The lowest BCUT2D eigenvalue weighted by molar-refractivity contribution is -0.154. The number of hydrogen-bond acceptors (Lipinski definition) is 5. The van der Waals surface area contributed by atoms with Crippen LogP contribution in [0.4, 0.5) is 4.79 Å². The number of carbonyl (C=O) groups is 2. The van der Waals surface area contributed by atoms with E-state index in [2.05, 4.69) is 5.48 Å². The van der Waals surface area contributed by atoms with E-state index in [0.717, 1.165) is 31.2 Å². The number of hydrogen-bond donors (Lipinski definition) is 1. The van der Waals surface area contributed by atoms with Gasteiger partial charge in [-0.25, -0.2) is 4.79 Å². The zero-order valence-electron chi connectivity index (χ0n) is 13.7. The minimum absolute atomic E-state index is 0.0212. The summed E-state index contributed by atoms with van der Waals surface area (Å²) < 4.78 is 5.53. The van der Waals surface area contributed by atoms with E-state index in [1.54, 1.807) is 14.1 Å². The lowest BCUT2D eigenvalue weighted by atomic mass is 10.1. The molecule has 0 aromatic heterocycles. The van der Waals surface area contributed by atoms with Crippen molar-refractivity contribution in [1.29, 1.82) is 0 Å². The fourth-order valence-electron chi connectivity index (χ4n) is 2.49. The van der Waals surface area contributed by atoms with E-state index in [1.807, 2.05) is 30.3 Å². The molecule has 1 aromatic rings. The molecule has 1 aromatic carbocycles. The predicted octanol–water partition coefficient (Wildman–Crippen LogP) is 2.29. The van der Waals surface area contributed by atoms with E-state index in [0.29, 0.717) is 6.42 Å². The summed E-state index contributed by atoms with van der Waals surface area (Å²) in [6.07, 6.45) is 3.80. The van der Waals surface area contributed by atoms with Gasteiger partial charge in [0.25, 0.3) is 0 Å². The number of ether oxygens (including phenoxy) is 1. The molecule has 0 radical (unpaired) electrons. The molecular weight excluding hydrogens is 296 g/mol. The number of benzene rings is 1. The first-order valence-electron chi connectivity index (χ1n) is 7.94. The van der Waals surface area contributed by atoms with E-state index in [-0.39, 0.29) is 12.1 Å². The molecule has 1 amide bonds. The topological polar surface area (TPSA) is 67.9 Å². The van der Waals surface area contributed by atoms with Crippen LogP contribution in [-0.2, 0) is 20.8 Å². The fraction of sp³-hybridized carbons (Fsp3) is 0.529. The molecule has 1 atom stereocenters. The number of esters is 1. The summed E-state index contributed by atoms with van der Waals surface area (Å²) in [6.45, 7) is 0. The van der Waals surface area contributed by atoms with E-state index < -0.39 is 12.1 Å². The lowest BCUT2D eigenvalue weighted by Crippen LogP contribution is -2.43. The van der Waals surface area contributed by atoms with E-state index in [1.165, 1.54) is 4.90 Å². The van der Waals surface area contributed by atoms with Crippen molar-refractivity contribution in [2.45, 2.75) is 44.2 Å². The largest absolute Gasteiger partial charge is 0.461 e. The molecule has 1 aliphatic carbocycles. The molecule has 6 nitrogen and oxygen atoms in total. The first kappa shape index (κ1) is 17.3. The number of carbonyl (C=O) groups excluding carboxylic acids is 2. The summed E-state index contributed by atoms with van der Waals surface area (Å²) in [7, 11) is 3.15. The third kappa shape index (κ3) is 5.56. The third-order valence-electron chi connectivity index (χ3n) is 3.81. The summed E-state index contributed by atoms with van der Waals surface area (Å²) >= 11 is 0. The van der Waals surface area contributed by atoms with Crippen molar-refractivity contribution in [3.05, 3.63) is 35.9 Å². The van der Waals surface area contributed by atoms with Crippen LogP contribution in [0.5, 0.6) is 0 Å². The Morgan fingerprint density at radius 2 is 1.87 bits per heavy atom. The molecule has 1 fully saturated rings. The van der Waals surface area contributed by atoms with Crippen LogP contribution in [0, 0.1) is 0 Å². The third-order valence-corrected chi connectivity index (χ3v) is 3.81. The number of rotatable bonds is 6. The quantitative estimate of drug-likeness (QED) is 0.643. The van der Waals surface area contributed by atoms with Crippen molar-refractivity contribution in [2.75, 3.05) is 14.1 Å². The monoisotopic (exact) mass is 320 g/mol. The Labute approximate surface area is 136 Å². The highest BCUT2D eigenvalue weighted by Crippen LogP contribution is 2.21. The van der Waals surface area contributed by atoms with Gasteiger partial charge in [0.2, 0.25) is 0 Å². The summed E-state index contributed by atoms with van der Waals surface area (Å²) in [5.74, 6) is -0.382. The summed E-state index contributed by atoms with van der Waals surface area (Å²) in [5.41, 5.74) is 3.52. The second kappa shape index (κ2) is 8.53. The molecule has 0 aliphatic heterocycles. The summed E-state index contributed by atoms with van der Waals surface area (Å²) in [4.78, 5) is 30.2. The van der Waals surface area contributed by atoms with Crippen LogP contribution in [0.15, 0.2) is 30.3 Å². The van der Waals surface area contributed by atoms with Gasteiger partial charge in [0, 0.05) is 20.5 Å². The summed E-state index contributed by atoms with van der Waals surface area (Å²) in [5, 5.41) is 0. The molecule has 6 heteroatoms. The highest BCUT2D eigenvalue weighted by Gasteiger charge is 2.27. The predicted molar refractivity (Wildman–Crippen MR) is 85.6 cm³/mol. The van der Waals surface area contributed by atoms with Crippen molar-refractivity contribution >= 4 is 12.1 Å². The van der Waals surface area contributed by atoms with Crippen LogP contribution in [0.2, 0.25) is 0 Å². The zero-order chi connectivity index (χ0) is 16.7. The van der Waals surface area contributed by atoms with Gasteiger partial charge in [0.15, 0.2) is 0 Å². The molecule has 23 heavy (non-hydrogen) atoms. The van der Waals surface area contributed by atoms with Gasteiger partial charge < -0.3 is 14.5 Å². The molecule has 1 N–H and O–H groups in total. The Morgan fingerprint density at radius 1 is 1.22 bits per heavy atom. The minimum atomic E-state index is -0.720. The normalized spacial score (nSPS) is 15.9. The second-order valence-electron chi connectivity index (χ2n) is 5.97. The Balaban J connectivity index is 1.97. The van der Waals surface area contributed by atoms with Crippen LogP contribution in [0.25, 0.3) is 0 Å². The highest BCUT2D eigenvalue weighted by molar-refractivity contribution is 5.76. The number of nitrogens with one attached hydrogen (secondary N) is 1. The molecule has 1 aliphatic rings. The number of nitrogens with zero attached hydrogens (tertiary/aromatic N) is 1. The van der Waals surface area contributed by atoms with Gasteiger partial charge in [-0.05, 0) is 31.2 Å². The smallest absolute Gasteiger partial charge is 0.428 e. The molecule has 126 valence electrons. The molecule has 1 saturated carbocycles. The number of amides is 1. The van der Waals surface area contributed by atoms with Gasteiger partial charge in [-0.3, -0.25) is 4.79 Å². The molecule has 0 bridgehead atoms. The molecule has 2 rings (SSSR count). The Kier molecular flexibility index (Phi) is 6.40. The first-order chi connectivity index (χ1) is 11.1. The van der Waals surface area contributed by atoms with Gasteiger partial charge >= 0.3 is 12.1 Å². The van der Waals surface area contributed by atoms with Gasteiger partial charge in [0.1, 0.15) is 12.1 Å². The van der Waals surface area contributed by atoms with Crippen LogP contribution >= 0.6 is 0 Å². The van der Waals surface area contributed by atoms with Gasteiger partial charge in [-0.15, -0.1) is 5.48 Å². The van der Waals surface area contributed by atoms with Crippen LogP contribution in [0.3, 0.4) is 0 Å². The van der Waals surface area contributed by atoms with Crippen molar-refractivity contribution in [1.82, 2.24) is 10.4 Å². The lowest BCUT2D eigenvalue weighted by Gasteiger charge is -2.20. The standard InChI is InChI=1S/C17H24N2O4/c1-19(2)17(21)23-18-15(12-13-8-4-3-5-9-13)16(20)22-14-10-6-7-11-14/h3-5,8-9,14-15,18H,6-7,10-12H2,1-2H3/t15-/m0/s1. The van der Waals surface area contributed by atoms with Crippen molar-refractivity contribution in [3.8, 4) is 0 Å². The van der Waals surface area contributed by atoms with Crippen LogP contribution < -0.4 is 5.48 Å². The molecule has 0 unspecified atom stereocenters. The molecule has 0 heterocycles. The average molecular weight is 320 g/mol. The molecule has 0 saturated heterocycles. The van der Waals surface area contributed by atoms with E-state index in [9.17, 15) is 9.59 Å². The van der Waals surface area contributed by atoms with E-state index in [4.69, 9.17) is 9.57 Å². The maximum atomic E-state index is 12.4. The minimum Gasteiger partial charge on any atom is -0.461 e. The van der Waals surface area contributed by atoms with Gasteiger partial charge in [0.05, 0.1) is 0 Å². The Morgan fingerprint density at radius 3 is 2.48 bits per heavy atom. The van der Waals surface area contributed by atoms with Crippen molar-refractivity contribution in [3.63, 3.8) is 0 Å². The number of hydroxylamine groups is 1. The maximum absolute atomic E-state index is 12.4. The first-order valence-corrected chi connectivity index (χ1v) is 7.94. The van der Waals surface area contributed by atoms with Crippen molar-refractivity contribution < 1.29 is 19.2 Å². The van der Waals surface area contributed by atoms with Gasteiger partial charge in [-0.2, -0.15) is 0 Å². The van der Waals surface area contributed by atoms with Crippen molar-refractivity contribution in [2.24, 2.45) is 0 Å². The summed E-state index contributed by atoms with van der Waals surface area (Å²) in [6, 6.07) is 8.84. The van der Waals surface area contributed by atoms with Crippen LogP contribution in [-0.4, -0.2) is 43.2 Å². The average Bonchev–Trinajstić information content (AvgIpc) is 3.04. The maximum Gasteiger partial charge on any atom is 0.428 e. The SMILES string of the molecule is CN(C)C(=O)ON[C@@H](Cc1ccccc1)C(=O)OC1CCCC1. The Bertz CT molecular complexity index is 513. The highest BCUT2D eigenvalue weighted by atomic mass is 16.7.